The summed E-state index contributed by atoms with van der Waals surface area (Å²) in [5.41, 5.74) is 1.68. The van der Waals surface area contributed by atoms with Gasteiger partial charge in [0.2, 0.25) is 5.91 Å². The van der Waals surface area contributed by atoms with E-state index >= 15 is 0 Å². The van der Waals surface area contributed by atoms with Gasteiger partial charge in [-0.05, 0) is 75.6 Å². The minimum absolute atomic E-state index is 0.0232. The summed E-state index contributed by atoms with van der Waals surface area (Å²) in [6.45, 7) is 4.15. The fraction of sp³-hybridized carbons (Fsp3) is 0.533. The van der Waals surface area contributed by atoms with Crippen LogP contribution in [0.5, 0.6) is 11.5 Å². The minimum Gasteiger partial charge on any atom is -0.496 e. The Labute approximate surface area is 215 Å². The van der Waals surface area contributed by atoms with Gasteiger partial charge in [0.05, 0.1) is 18.7 Å². The summed E-state index contributed by atoms with van der Waals surface area (Å²) in [6, 6.07) is 15.5. The highest BCUT2D eigenvalue weighted by atomic mass is 16.5. The number of carbonyl (C=O) groups excluding carboxylic acids is 2. The van der Waals surface area contributed by atoms with E-state index in [1.54, 1.807) is 7.11 Å². The van der Waals surface area contributed by atoms with Crippen LogP contribution in [0, 0.1) is 0 Å². The van der Waals surface area contributed by atoms with Crippen molar-refractivity contribution in [3.05, 3.63) is 59.7 Å². The molecule has 2 aromatic carbocycles. The maximum absolute atomic E-state index is 13.7. The molecule has 6 heteroatoms. The number of ether oxygens (including phenoxy) is 2. The third-order valence-electron chi connectivity index (χ3n) is 7.58. The van der Waals surface area contributed by atoms with Gasteiger partial charge in [0.25, 0.3) is 5.91 Å². The number of nitrogens with zero attached hydrogens (tertiary/aromatic N) is 2. The number of fused-ring (bicyclic) bond motifs is 2. The molecule has 1 fully saturated rings. The average molecular weight is 493 g/mol. The predicted octanol–water partition coefficient (Wildman–Crippen LogP) is 5.49. The highest BCUT2D eigenvalue weighted by Crippen LogP contribution is 2.31. The molecule has 2 amide bonds. The number of rotatable bonds is 5. The minimum atomic E-state index is -0.112. The number of methoxy groups -OCH3 is 1. The van der Waals surface area contributed by atoms with Crippen LogP contribution in [0.15, 0.2) is 48.5 Å². The second-order valence-corrected chi connectivity index (χ2v) is 9.85. The van der Waals surface area contributed by atoms with E-state index in [0.29, 0.717) is 30.7 Å². The van der Waals surface area contributed by atoms with Crippen molar-refractivity contribution in [3.63, 3.8) is 0 Å². The highest BCUT2D eigenvalue weighted by Gasteiger charge is 2.35. The van der Waals surface area contributed by atoms with Gasteiger partial charge in [-0.3, -0.25) is 9.59 Å². The number of benzene rings is 2. The highest BCUT2D eigenvalue weighted by molar-refractivity contribution is 5.97. The Hall–Kier alpha value is -3.02. The first-order valence-corrected chi connectivity index (χ1v) is 13.6. The number of carbonyl (C=O) groups is 2. The third kappa shape index (κ3) is 6.21. The van der Waals surface area contributed by atoms with Crippen LogP contribution in [0.4, 0.5) is 0 Å². The quantitative estimate of drug-likeness (QED) is 0.554. The van der Waals surface area contributed by atoms with Gasteiger partial charge in [-0.15, -0.1) is 0 Å². The van der Waals surface area contributed by atoms with Crippen molar-refractivity contribution in [2.45, 2.75) is 76.9 Å². The van der Waals surface area contributed by atoms with Crippen LogP contribution in [0.25, 0.3) is 0 Å². The molecule has 1 aliphatic carbocycles. The van der Waals surface area contributed by atoms with Crippen molar-refractivity contribution < 1.29 is 19.1 Å². The lowest BCUT2D eigenvalue weighted by molar-refractivity contribution is -0.136. The van der Waals surface area contributed by atoms with Crippen molar-refractivity contribution >= 4 is 11.8 Å². The molecule has 0 N–H and O–H groups in total. The molecule has 0 bridgehead atoms. The average Bonchev–Trinajstić information content (AvgIpc) is 2.92. The van der Waals surface area contributed by atoms with E-state index in [1.165, 1.54) is 0 Å². The van der Waals surface area contributed by atoms with Crippen LogP contribution in [-0.4, -0.2) is 60.5 Å². The molecule has 1 heterocycles. The smallest absolute Gasteiger partial charge is 0.257 e. The summed E-state index contributed by atoms with van der Waals surface area (Å²) < 4.78 is 12.1. The Morgan fingerprint density at radius 1 is 0.972 bits per heavy atom. The lowest BCUT2D eigenvalue weighted by atomic mass is 9.90. The molecule has 0 spiro atoms. The second-order valence-electron chi connectivity index (χ2n) is 9.85. The summed E-state index contributed by atoms with van der Waals surface area (Å²) in [4.78, 5) is 31.0. The Morgan fingerprint density at radius 2 is 1.72 bits per heavy atom. The van der Waals surface area contributed by atoms with Gasteiger partial charge < -0.3 is 19.3 Å². The van der Waals surface area contributed by atoms with Gasteiger partial charge in [-0.1, -0.05) is 36.8 Å². The van der Waals surface area contributed by atoms with Gasteiger partial charge in [0, 0.05) is 26.1 Å². The van der Waals surface area contributed by atoms with E-state index < -0.39 is 0 Å². The van der Waals surface area contributed by atoms with E-state index in [2.05, 4.69) is 4.90 Å². The number of aryl methyl sites for hydroxylation is 1. The summed E-state index contributed by atoms with van der Waals surface area (Å²) in [7, 11) is 1.67. The molecule has 0 aromatic heterocycles. The second kappa shape index (κ2) is 12.8. The number of hydrogen-bond acceptors (Lipinski definition) is 4. The Balaban J connectivity index is 1.58. The van der Waals surface area contributed by atoms with Crippen LogP contribution in [0.3, 0.4) is 0 Å². The molecule has 1 saturated carbocycles. The maximum atomic E-state index is 13.7. The third-order valence-corrected chi connectivity index (χ3v) is 7.58. The first-order chi connectivity index (χ1) is 17.6. The molecule has 6 nitrogen and oxygen atoms in total. The zero-order valence-electron chi connectivity index (χ0n) is 21.8. The van der Waals surface area contributed by atoms with Gasteiger partial charge in [0.1, 0.15) is 17.6 Å². The summed E-state index contributed by atoms with van der Waals surface area (Å²) >= 11 is 0. The maximum Gasteiger partial charge on any atom is 0.257 e. The number of amides is 2. The van der Waals surface area contributed by atoms with Crippen LogP contribution in [-0.2, 0) is 11.2 Å². The monoisotopic (exact) mass is 492 g/mol. The number of hydrogen-bond donors (Lipinski definition) is 0. The fourth-order valence-corrected chi connectivity index (χ4v) is 5.59. The topological polar surface area (TPSA) is 59.1 Å². The zero-order chi connectivity index (χ0) is 25.3. The standard InChI is InChI=1S/C30H40N2O4/c1-3-31-21-11-4-12-22-32(29(33)20-19-23-13-5-8-16-26(23)35-2)25-15-7-10-18-28(25)36-27-17-9-6-14-24(27)30(31)34/h5-6,8-9,13-14,16-17,25,28H,3-4,7,10-12,15,18-22H2,1-2H3/t25-,28+/m1/s1. The van der Waals surface area contributed by atoms with E-state index in [9.17, 15) is 9.59 Å². The van der Waals surface area contributed by atoms with E-state index in [-0.39, 0.29) is 24.0 Å². The lowest BCUT2D eigenvalue weighted by Crippen LogP contribution is -2.51. The number of para-hydroxylation sites is 2. The Kier molecular flexibility index (Phi) is 9.26. The van der Waals surface area contributed by atoms with E-state index in [4.69, 9.17) is 9.47 Å². The molecule has 36 heavy (non-hydrogen) atoms. The lowest BCUT2D eigenvalue weighted by Gasteiger charge is -2.40. The normalized spacial score (nSPS) is 21.2. The van der Waals surface area contributed by atoms with Gasteiger partial charge in [-0.2, -0.15) is 0 Å². The molecule has 0 unspecified atom stereocenters. The molecule has 2 atom stereocenters. The molecule has 0 radical (unpaired) electrons. The van der Waals surface area contributed by atoms with Gasteiger partial charge >= 0.3 is 0 Å². The molecular formula is C30H40N2O4. The summed E-state index contributed by atoms with van der Waals surface area (Å²) in [6.07, 6.45) is 7.82. The fourth-order valence-electron chi connectivity index (χ4n) is 5.59. The van der Waals surface area contributed by atoms with Crippen LogP contribution < -0.4 is 9.47 Å². The molecular weight excluding hydrogens is 452 g/mol. The first-order valence-electron chi connectivity index (χ1n) is 13.6. The van der Waals surface area contributed by atoms with Crippen molar-refractivity contribution in [1.29, 1.82) is 0 Å². The molecule has 194 valence electrons. The van der Waals surface area contributed by atoms with Crippen molar-refractivity contribution in [2.75, 3.05) is 26.7 Å². The van der Waals surface area contributed by atoms with Gasteiger partial charge in [0.15, 0.2) is 0 Å². The van der Waals surface area contributed by atoms with Crippen LogP contribution in [0.2, 0.25) is 0 Å². The van der Waals surface area contributed by atoms with E-state index in [0.717, 1.165) is 69.3 Å². The molecule has 2 aromatic rings. The summed E-state index contributed by atoms with van der Waals surface area (Å²) in [5, 5.41) is 0. The van der Waals surface area contributed by atoms with Crippen molar-refractivity contribution in [2.24, 2.45) is 0 Å². The predicted molar refractivity (Wildman–Crippen MR) is 142 cm³/mol. The summed E-state index contributed by atoms with van der Waals surface area (Å²) in [5.74, 6) is 1.68. The SMILES string of the molecule is CCN1CCCCCN(C(=O)CCc2ccccc2OC)[C@@H]2CCCC[C@@H]2Oc2ccccc2C1=O. The van der Waals surface area contributed by atoms with Crippen LogP contribution in [0.1, 0.15) is 74.2 Å². The largest absolute Gasteiger partial charge is 0.496 e. The van der Waals surface area contributed by atoms with Gasteiger partial charge in [-0.25, -0.2) is 0 Å². The zero-order valence-corrected chi connectivity index (χ0v) is 21.8. The Bertz CT molecular complexity index is 1020. The van der Waals surface area contributed by atoms with Crippen molar-refractivity contribution in [1.82, 2.24) is 9.80 Å². The molecule has 0 saturated heterocycles. The van der Waals surface area contributed by atoms with Crippen LogP contribution >= 0.6 is 0 Å². The molecule has 4 rings (SSSR count). The first kappa shape index (κ1) is 26.1. The van der Waals surface area contributed by atoms with E-state index in [1.807, 2.05) is 60.4 Å². The molecule has 2 aliphatic rings. The Morgan fingerprint density at radius 3 is 2.56 bits per heavy atom. The molecule has 1 aliphatic heterocycles. The van der Waals surface area contributed by atoms with Crippen molar-refractivity contribution in [3.8, 4) is 11.5 Å².